The first-order valence-electron chi connectivity index (χ1n) is 9.88. The molecule has 0 amide bonds. The second-order valence-electron chi connectivity index (χ2n) is 7.13. The van der Waals surface area contributed by atoms with Crippen LogP contribution in [0.3, 0.4) is 0 Å². The number of benzene rings is 2. The maximum absolute atomic E-state index is 13.0. The van der Waals surface area contributed by atoms with Crippen molar-refractivity contribution in [3.8, 4) is 16.2 Å². The highest BCUT2D eigenvalue weighted by Gasteiger charge is 2.12. The van der Waals surface area contributed by atoms with Gasteiger partial charge in [0.25, 0.3) is 5.56 Å². The predicted octanol–water partition coefficient (Wildman–Crippen LogP) is 5.60. The number of aryl methyl sites for hydroxylation is 2. The molecule has 0 fully saturated rings. The molecule has 0 aliphatic heterocycles. The third-order valence-electron chi connectivity index (χ3n) is 5.03. The molecule has 0 aliphatic carbocycles. The van der Waals surface area contributed by atoms with Gasteiger partial charge in [0.2, 0.25) is 0 Å². The van der Waals surface area contributed by atoms with E-state index < -0.39 is 0 Å². The van der Waals surface area contributed by atoms with Crippen LogP contribution < -0.4 is 10.3 Å². The molecule has 4 rings (SSSR count). The lowest BCUT2D eigenvalue weighted by Gasteiger charge is -2.11. The number of rotatable bonds is 7. The van der Waals surface area contributed by atoms with Crippen LogP contribution in [0.5, 0.6) is 5.75 Å². The number of unbranched alkanes of at least 4 members (excludes halogenated alkanes) is 1. The van der Waals surface area contributed by atoms with Crippen LogP contribution in [0.1, 0.15) is 24.2 Å². The molecule has 2 aromatic carbocycles. The second kappa shape index (κ2) is 8.62. The van der Waals surface area contributed by atoms with Crippen LogP contribution in [-0.4, -0.2) is 16.2 Å². The maximum atomic E-state index is 13.0. The predicted molar refractivity (Wildman–Crippen MR) is 120 cm³/mol. The molecule has 0 aliphatic rings. The lowest BCUT2D eigenvalue weighted by Crippen LogP contribution is -2.23. The molecule has 0 saturated heterocycles. The number of hydrogen-bond donors (Lipinski definition) is 0. The Kier molecular flexibility index (Phi) is 5.76. The van der Waals surface area contributed by atoms with Gasteiger partial charge in [-0.3, -0.25) is 9.36 Å². The smallest absolute Gasteiger partial charge is 0.262 e. The van der Waals surface area contributed by atoms with Gasteiger partial charge in [-0.25, -0.2) is 4.98 Å². The number of hydrogen-bond acceptors (Lipinski definition) is 4. The SMILES string of the molecule is Cc1ccccc1OCCCCn1c(C)nc2sc(-c3ccccc3)cc2c1=O. The minimum absolute atomic E-state index is 0.0470. The molecule has 2 aromatic heterocycles. The van der Waals surface area contributed by atoms with Gasteiger partial charge in [-0.1, -0.05) is 48.5 Å². The van der Waals surface area contributed by atoms with Crippen molar-refractivity contribution < 1.29 is 4.74 Å². The second-order valence-corrected chi connectivity index (χ2v) is 8.16. The highest BCUT2D eigenvalue weighted by molar-refractivity contribution is 7.21. The van der Waals surface area contributed by atoms with Crippen molar-refractivity contribution in [2.45, 2.75) is 33.2 Å². The fourth-order valence-electron chi connectivity index (χ4n) is 3.40. The van der Waals surface area contributed by atoms with Crippen molar-refractivity contribution in [2.24, 2.45) is 0 Å². The molecule has 0 atom stereocenters. The number of nitrogens with zero attached hydrogens (tertiary/aromatic N) is 2. The Morgan fingerprint density at radius 2 is 1.76 bits per heavy atom. The molecule has 2 heterocycles. The maximum Gasteiger partial charge on any atom is 0.262 e. The quantitative estimate of drug-likeness (QED) is 0.377. The van der Waals surface area contributed by atoms with E-state index in [1.807, 2.05) is 62.4 Å². The Morgan fingerprint density at radius 1 is 1.00 bits per heavy atom. The number of fused-ring (bicyclic) bond motifs is 1. The van der Waals surface area contributed by atoms with E-state index in [2.05, 4.69) is 12.1 Å². The van der Waals surface area contributed by atoms with E-state index >= 15 is 0 Å². The summed E-state index contributed by atoms with van der Waals surface area (Å²) >= 11 is 1.57. The van der Waals surface area contributed by atoms with Gasteiger partial charge in [0, 0.05) is 11.4 Å². The van der Waals surface area contributed by atoms with Gasteiger partial charge < -0.3 is 4.74 Å². The van der Waals surface area contributed by atoms with Crippen molar-refractivity contribution in [1.82, 2.24) is 9.55 Å². The van der Waals surface area contributed by atoms with Gasteiger partial charge in [-0.2, -0.15) is 0 Å². The largest absolute Gasteiger partial charge is 0.493 e. The average molecular weight is 405 g/mol. The summed E-state index contributed by atoms with van der Waals surface area (Å²) in [4.78, 5) is 19.6. The minimum atomic E-state index is 0.0470. The van der Waals surface area contributed by atoms with Crippen LogP contribution in [0.15, 0.2) is 65.5 Å². The van der Waals surface area contributed by atoms with E-state index in [0.29, 0.717) is 18.5 Å². The van der Waals surface area contributed by atoms with Gasteiger partial charge >= 0.3 is 0 Å². The molecule has 29 heavy (non-hydrogen) atoms. The van der Waals surface area contributed by atoms with Crippen molar-refractivity contribution in [3.05, 3.63) is 82.4 Å². The van der Waals surface area contributed by atoms with Gasteiger partial charge in [0.1, 0.15) is 16.4 Å². The van der Waals surface area contributed by atoms with Gasteiger partial charge in [0.05, 0.1) is 12.0 Å². The summed E-state index contributed by atoms with van der Waals surface area (Å²) in [6.45, 7) is 5.25. The molecule has 0 unspecified atom stereocenters. The van der Waals surface area contributed by atoms with Gasteiger partial charge in [0.15, 0.2) is 0 Å². The number of ether oxygens (including phenoxy) is 1. The normalized spacial score (nSPS) is 11.1. The third kappa shape index (κ3) is 4.25. The van der Waals surface area contributed by atoms with Crippen molar-refractivity contribution >= 4 is 21.6 Å². The Balaban J connectivity index is 1.45. The molecule has 4 aromatic rings. The molecule has 0 radical (unpaired) electrons. The standard InChI is InChI=1S/C24H24N2O2S/c1-17-10-6-7-13-21(17)28-15-9-8-14-26-18(2)25-23-20(24(26)27)16-22(29-23)19-11-4-3-5-12-19/h3-7,10-13,16H,8-9,14-15H2,1-2H3. The van der Waals surface area contributed by atoms with Crippen LogP contribution in [-0.2, 0) is 6.54 Å². The van der Waals surface area contributed by atoms with E-state index in [-0.39, 0.29) is 5.56 Å². The van der Waals surface area contributed by atoms with Crippen molar-refractivity contribution in [1.29, 1.82) is 0 Å². The number of aromatic nitrogens is 2. The van der Waals surface area contributed by atoms with E-state index in [4.69, 9.17) is 9.72 Å². The highest BCUT2D eigenvalue weighted by atomic mass is 32.1. The Labute approximate surface area is 174 Å². The van der Waals surface area contributed by atoms with E-state index in [1.54, 1.807) is 15.9 Å². The summed E-state index contributed by atoms with van der Waals surface area (Å²) in [6, 6.07) is 20.1. The summed E-state index contributed by atoms with van der Waals surface area (Å²) < 4.78 is 7.65. The Hall–Kier alpha value is -2.92. The van der Waals surface area contributed by atoms with Gasteiger partial charge in [-0.15, -0.1) is 11.3 Å². The molecule has 0 N–H and O–H groups in total. The summed E-state index contributed by atoms with van der Waals surface area (Å²) in [5.74, 6) is 1.69. The zero-order valence-corrected chi connectivity index (χ0v) is 17.5. The van der Waals surface area contributed by atoms with E-state index in [9.17, 15) is 4.79 Å². The van der Waals surface area contributed by atoms with Crippen LogP contribution in [0.25, 0.3) is 20.7 Å². The van der Waals surface area contributed by atoms with Crippen LogP contribution in [0.2, 0.25) is 0 Å². The molecule has 4 nitrogen and oxygen atoms in total. The highest BCUT2D eigenvalue weighted by Crippen LogP contribution is 2.30. The van der Waals surface area contributed by atoms with Gasteiger partial charge in [-0.05, 0) is 49.9 Å². The van der Waals surface area contributed by atoms with E-state index in [0.717, 1.165) is 45.3 Å². The van der Waals surface area contributed by atoms with Crippen LogP contribution in [0, 0.1) is 13.8 Å². The first kappa shape index (κ1) is 19.4. The summed E-state index contributed by atoms with van der Waals surface area (Å²) in [6.07, 6.45) is 1.76. The van der Waals surface area contributed by atoms with Crippen molar-refractivity contribution in [3.63, 3.8) is 0 Å². The third-order valence-corrected chi connectivity index (χ3v) is 6.11. The molecule has 0 bridgehead atoms. The zero-order chi connectivity index (χ0) is 20.2. The number of para-hydroxylation sites is 1. The molecule has 148 valence electrons. The molecule has 0 saturated carbocycles. The first-order valence-corrected chi connectivity index (χ1v) is 10.7. The lowest BCUT2D eigenvalue weighted by molar-refractivity contribution is 0.300. The van der Waals surface area contributed by atoms with E-state index in [1.165, 1.54) is 0 Å². The zero-order valence-electron chi connectivity index (χ0n) is 16.7. The van der Waals surface area contributed by atoms with Crippen LogP contribution >= 0.6 is 11.3 Å². The molecular weight excluding hydrogens is 380 g/mol. The lowest BCUT2D eigenvalue weighted by atomic mass is 10.2. The molecular formula is C24H24N2O2S. The molecule has 0 spiro atoms. The summed E-state index contributed by atoms with van der Waals surface area (Å²) in [5.41, 5.74) is 2.30. The summed E-state index contributed by atoms with van der Waals surface area (Å²) in [5, 5.41) is 0.704. The average Bonchev–Trinajstić information content (AvgIpc) is 3.16. The first-order chi connectivity index (χ1) is 14.1. The Morgan fingerprint density at radius 3 is 2.55 bits per heavy atom. The molecule has 5 heteroatoms. The fraction of sp³-hybridized carbons (Fsp3) is 0.250. The topological polar surface area (TPSA) is 44.1 Å². The Bertz CT molecular complexity index is 1180. The monoisotopic (exact) mass is 404 g/mol. The van der Waals surface area contributed by atoms with Crippen LogP contribution in [0.4, 0.5) is 0 Å². The fourth-order valence-corrected chi connectivity index (χ4v) is 4.47. The van der Waals surface area contributed by atoms with Crippen molar-refractivity contribution in [2.75, 3.05) is 6.61 Å². The summed E-state index contributed by atoms with van der Waals surface area (Å²) in [7, 11) is 0. The minimum Gasteiger partial charge on any atom is -0.493 e. The number of thiophene rings is 1.